The number of hydrogen-bond donors (Lipinski definition) is 1. The second-order valence-corrected chi connectivity index (χ2v) is 4.12. The summed E-state index contributed by atoms with van der Waals surface area (Å²) in [5.41, 5.74) is 1.01. The lowest BCUT2D eigenvalue weighted by atomic mass is 10.1. The molecule has 1 atom stereocenters. The molecule has 0 amide bonds. The molecule has 1 fully saturated rings. The van der Waals surface area contributed by atoms with Crippen molar-refractivity contribution < 1.29 is 9.53 Å². The van der Waals surface area contributed by atoms with E-state index in [2.05, 4.69) is 5.32 Å². The van der Waals surface area contributed by atoms with Gasteiger partial charge in [-0.25, -0.2) is 0 Å². The first-order chi connectivity index (χ1) is 7.84. The topological polar surface area (TPSA) is 38.3 Å². The molecule has 1 aliphatic heterocycles. The molecule has 0 saturated carbocycles. The zero-order valence-corrected chi connectivity index (χ0v) is 10.5. The van der Waals surface area contributed by atoms with Crippen LogP contribution in [0.15, 0.2) is 30.3 Å². The molecule has 0 radical (unpaired) electrons. The second kappa shape index (κ2) is 7.30. The van der Waals surface area contributed by atoms with E-state index in [0.717, 1.165) is 31.5 Å². The van der Waals surface area contributed by atoms with Gasteiger partial charge < -0.3 is 10.1 Å². The van der Waals surface area contributed by atoms with Crippen LogP contribution in [0.4, 0.5) is 0 Å². The van der Waals surface area contributed by atoms with Crippen molar-refractivity contribution >= 4 is 18.4 Å². The molecule has 17 heavy (non-hydrogen) atoms. The van der Waals surface area contributed by atoms with Crippen molar-refractivity contribution in [2.45, 2.75) is 25.4 Å². The van der Waals surface area contributed by atoms with Crippen LogP contribution in [0.2, 0.25) is 0 Å². The van der Waals surface area contributed by atoms with Crippen LogP contribution in [0.25, 0.3) is 0 Å². The van der Waals surface area contributed by atoms with E-state index >= 15 is 0 Å². The number of ether oxygens (including phenoxy) is 1. The molecular formula is C13H18ClNO2. The minimum absolute atomic E-state index is 0. The van der Waals surface area contributed by atoms with E-state index in [-0.39, 0.29) is 24.5 Å². The van der Waals surface area contributed by atoms with Gasteiger partial charge >= 0.3 is 5.97 Å². The third-order valence-corrected chi connectivity index (χ3v) is 2.74. The molecule has 1 aliphatic rings. The molecule has 1 unspecified atom stereocenters. The van der Waals surface area contributed by atoms with Gasteiger partial charge in [0, 0.05) is 6.54 Å². The molecule has 94 valence electrons. The van der Waals surface area contributed by atoms with Crippen LogP contribution in [-0.4, -0.2) is 25.2 Å². The van der Waals surface area contributed by atoms with Gasteiger partial charge in [-0.05, 0) is 24.9 Å². The van der Waals surface area contributed by atoms with E-state index in [0.29, 0.717) is 6.42 Å². The largest absolute Gasteiger partial charge is 0.461 e. The highest BCUT2D eigenvalue weighted by atomic mass is 35.5. The number of piperidine rings is 1. The Labute approximate surface area is 108 Å². The van der Waals surface area contributed by atoms with Crippen molar-refractivity contribution in [2.24, 2.45) is 0 Å². The lowest BCUT2D eigenvalue weighted by Gasteiger charge is -2.22. The summed E-state index contributed by atoms with van der Waals surface area (Å²) in [4.78, 5) is 11.6. The van der Waals surface area contributed by atoms with Gasteiger partial charge in [0.05, 0.1) is 6.42 Å². The summed E-state index contributed by atoms with van der Waals surface area (Å²) in [6.45, 7) is 1.83. The fourth-order valence-corrected chi connectivity index (χ4v) is 1.91. The maximum absolute atomic E-state index is 11.6. The van der Waals surface area contributed by atoms with Crippen LogP contribution >= 0.6 is 12.4 Å². The van der Waals surface area contributed by atoms with E-state index in [4.69, 9.17) is 4.74 Å². The standard InChI is InChI=1S/C13H17NO2.ClH/c15-13(9-11-5-2-1-3-6-11)16-12-7-4-8-14-10-12;/h1-3,5-6,12,14H,4,7-10H2;1H. The van der Waals surface area contributed by atoms with Gasteiger partial charge in [-0.2, -0.15) is 0 Å². The monoisotopic (exact) mass is 255 g/mol. The van der Waals surface area contributed by atoms with Crippen molar-refractivity contribution in [3.05, 3.63) is 35.9 Å². The quantitative estimate of drug-likeness (QED) is 0.839. The molecule has 1 aromatic carbocycles. The molecule has 1 N–H and O–H groups in total. The molecule has 1 aromatic rings. The van der Waals surface area contributed by atoms with Gasteiger partial charge in [-0.15, -0.1) is 12.4 Å². The van der Waals surface area contributed by atoms with Crippen LogP contribution < -0.4 is 5.32 Å². The summed E-state index contributed by atoms with van der Waals surface area (Å²) in [5, 5.41) is 3.23. The predicted molar refractivity (Wildman–Crippen MR) is 69.4 cm³/mol. The van der Waals surface area contributed by atoms with E-state index in [1.807, 2.05) is 30.3 Å². The van der Waals surface area contributed by atoms with Gasteiger partial charge in [-0.1, -0.05) is 30.3 Å². The molecule has 3 nitrogen and oxygen atoms in total. The predicted octanol–water partition coefficient (Wildman–Crippen LogP) is 1.95. The minimum atomic E-state index is -0.125. The fourth-order valence-electron chi connectivity index (χ4n) is 1.91. The normalized spacial score (nSPS) is 19.2. The Bertz CT molecular complexity index is 337. The number of hydrogen-bond acceptors (Lipinski definition) is 3. The molecule has 0 spiro atoms. The van der Waals surface area contributed by atoms with Crippen LogP contribution in [0.3, 0.4) is 0 Å². The summed E-state index contributed by atoms with van der Waals surface area (Å²) in [5.74, 6) is -0.125. The smallest absolute Gasteiger partial charge is 0.310 e. The number of carbonyl (C=O) groups excluding carboxylic acids is 1. The van der Waals surface area contributed by atoms with Crippen molar-refractivity contribution in [2.75, 3.05) is 13.1 Å². The van der Waals surface area contributed by atoms with Crippen molar-refractivity contribution in [1.29, 1.82) is 0 Å². The Morgan fingerprint density at radius 1 is 1.35 bits per heavy atom. The van der Waals surface area contributed by atoms with Gasteiger partial charge in [-0.3, -0.25) is 4.79 Å². The number of nitrogens with one attached hydrogen (secondary N) is 1. The maximum Gasteiger partial charge on any atom is 0.310 e. The zero-order chi connectivity index (χ0) is 11.2. The summed E-state index contributed by atoms with van der Waals surface area (Å²) in [7, 11) is 0. The number of rotatable bonds is 3. The molecule has 0 aliphatic carbocycles. The van der Waals surface area contributed by atoms with Crippen molar-refractivity contribution in [3.8, 4) is 0 Å². The average molecular weight is 256 g/mol. The summed E-state index contributed by atoms with van der Waals surface area (Å²) in [6.07, 6.45) is 2.50. The van der Waals surface area contributed by atoms with Gasteiger partial charge in [0.15, 0.2) is 0 Å². The first kappa shape index (κ1) is 14.0. The van der Waals surface area contributed by atoms with E-state index in [1.54, 1.807) is 0 Å². The summed E-state index contributed by atoms with van der Waals surface area (Å²) >= 11 is 0. The molecule has 4 heteroatoms. The Morgan fingerprint density at radius 3 is 2.76 bits per heavy atom. The van der Waals surface area contributed by atoms with Gasteiger partial charge in [0.2, 0.25) is 0 Å². The Balaban J connectivity index is 0.00000144. The molecule has 1 saturated heterocycles. The molecule has 1 heterocycles. The number of benzene rings is 1. The Kier molecular flexibility index (Phi) is 6.01. The van der Waals surface area contributed by atoms with E-state index in [9.17, 15) is 4.79 Å². The highest BCUT2D eigenvalue weighted by molar-refractivity contribution is 5.85. The number of halogens is 1. The number of esters is 1. The molecule has 0 aromatic heterocycles. The average Bonchev–Trinajstić information content (AvgIpc) is 2.31. The van der Waals surface area contributed by atoms with Crippen LogP contribution in [0.1, 0.15) is 18.4 Å². The summed E-state index contributed by atoms with van der Waals surface area (Å²) in [6, 6.07) is 9.70. The van der Waals surface area contributed by atoms with Crippen LogP contribution in [0.5, 0.6) is 0 Å². The highest BCUT2D eigenvalue weighted by Gasteiger charge is 2.17. The number of carbonyl (C=O) groups is 1. The van der Waals surface area contributed by atoms with Crippen molar-refractivity contribution in [1.82, 2.24) is 5.32 Å². The SMILES string of the molecule is Cl.O=C(Cc1ccccc1)OC1CCCNC1. The third-order valence-electron chi connectivity index (χ3n) is 2.74. The third kappa shape index (κ3) is 4.75. The van der Waals surface area contributed by atoms with E-state index in [1.165, 1.54) is 0 Å². The second-order valence-electron chi connectivity index (χ2n) is 4.12. The van der Waals surface area contributed by atoms with E-state index < -0.39 is 0 Å². The zero-order valence-electron chi connectivity index (χ0n) is 9.72. The molecule has 0 bridgehead atoms. The Morgan fingerprint density at radius 2 is 2.12 bits per heavy atom. The van der Waals surface area contributed by atoms with Gasteiger partial charge in [0.1, 0.15) is 6.10 Å². The van der Waals surface area contributed by atoms with Crippen LogP contribution in [-0.2, 0) is 16.0 Å². The lowest BCUT2D eigenvalue weighted by molar-refractivity contribution is -0.148. The first-order valence-electron chi connectivity index (χ1n) is 5.79. The highest BCUT2D eigenvalue weighted by Crippen LogP contribution is 2.08. The van der Waals surface area contributed by atoms with Crippen LogP contribution in [0, 0.1) is 0 Å². The molecule has 2 rings (SSSR count). The van der Waals surface area contributed by atoms with Gasteiger partial charge in [0.25, 0.3) is 0 Å². The lowest BCUT2D eigenvalue weighted by Crippen LogP contribution is -2.36. The van der Waals surface area contributed by atoms with Crippen molar-refractivity contribution in [3.63, 3.8) is 0 Å². The maximum atomic E-state index is 11.6. The Hall–Kier alpha value is -1.06. The molecular weight excluding hydrogens is 238 g/mol. The fraction of sp³-hybridized carbons (Fsp3) is 0.462. The minimum Gasteiger partial charge on any atom is -0.461 e. The first-order valence-corrected chi connectivity index (χ1v) is 5.79. The summed E-state index contributed by atoms with van der Waals surface area (Å²) < 4.78 is 5.39.